The van der Waals surface area contributed by atoms with Crippen molar-refractivity contribution in [1.29, 1.82) is 0 Å². The van der Waals surface area contributed by atoms with E-state index in [4.69, 9.17) is 4.74 Å². The third-order valence-corrected chi connectivity index (χ3v) is 4.81. The number of ether oxygens (including phenoxy) is 1. The van der Waals surface area contributed by atoms with Crippen LogP contribution in [0.5, 0.6) is 0 Å². The summed E-state index contributed by atoms with van der Waals surface area (Å²) in [5, 5.41) is 5.75. The summed E-state index contributed by atoms with van der Waals surface area (Å²) in [5.41, 5.74) is 0. The first-order chi connectivity index (χ1) is 11.6. The van der Waals surface area contributed by atoms with Crippen LogP contribution in [-0.2, 0) is 14.3 Å². The van der Waals surface area contributed by atoms with E-state index in [1.54, 1.807) is 0 Å². The standard InChI is InChI=1S/C17H32N4O3/c1-3-24-11-10-21-9-8-20(12-14(21)2)13-16(22)19-15-6-4-5-7-18-17(15)23/h14-15H,3-13H2,1-2H3,(H,18,23)(H,19,22)/t14-,15-/m0/s1. The molecule has 2 atom stereocenters. The first-order valence-electron chi connectivity index (χ1n) is 9.21. The maximum atomic E-state index is 12.3. The Morgan fingerprint density at radius 1 is 1.38 bits per heavy atom. The molecule has 0 bridgehead atoms. The Morgan fingerprint density at radius 3 is 2.96 bits per heavy atom. The van der Waals surface area contributed by atoms with Crippen molar-refractivity contribution < 1.29 is 14.3 Å². The molecule has 2 amide bonds. The molecule has 0 aromatic heterocycles. The lowest BCUT2D eigenvalue weighted by Gasteiger charge is -2.39. The van der Waals surface area contributed by atoms with Gasteiger partial charge in [0.05, 0.1) is 13.2 Å². The minimum Gasteiger partial charge on any atom is -0.380 e. The van der Waals surface area contributed by atoms with Gasteiger partial charge in [-0.2, -0.15) is 0 Å². The summed E-state index contributed by atoms with van der Waals surface area (Å²) in [6, 6.07) is 0.0399. The van der Waals surface area contributed by atoms with Crippen molar-refractivity contribution in [2.45, 2.75) is 45.2 Å². The van der Waals surface area contributed by atoms with Crippen LogP contribution < -0.4 is 10.6 Å². The number of hydrogen-bond acceptors (Lipinski definition) is 5. The fourth-order valence-corrected chi connectivity index (χ4v) is 3.39. The molecule has 0 aromatic rings. The summed E-state index contributed by atoms with van der Waals surface area (Å²) < 4.78 is 5.42. The van der Waals surface area contributed by atoms with Gasteiger partial charge in [0, 0.05) is 45.4 Å². The van der Waals surface area contributed by atoms with Gasteiger partial charge in [-0.25, -0.2) is 0 Å². The molecule has 2 fully saturated rings. The van der Waals surface area contributed by atoms with Crippen LogP contribution in [0.15, 0.2) is 0 Å². The fourth-order valence-electron chi connectivity index (χ4n) is 3.39. The largest absolute Gasteiger partial charge is 0.380 e. The van der Waals surface area contributed by atoms with Crippen LogP contribution in [-0.4, -0.2) is 86.2 Å². The van der Waals surface area contributed by atoms with Gasteiger partial charge in [0.25, 0.3) is 0 Å². The van der Waals surface area contributed by atoms with E-state index >= 15 is 0 Å². The van der Waals surface area contributed by atoms with E-state index in [1.165, 1.54) is 0 Å². The second kappa shape index (κ2) is 9.96. The SMILES string of the molecule is CCOCCN1CCN(CC(=O)N[C@H]2CCCCNC2=O)C[C@@H]1C. The third kappa shape index (κ3) is 6.03. The highest BCUT2D eigenvalue weighted by Crippen LogP contribution is 2.09. The number of nitrogens with zero attached hydrogens (tertiary/aromatic N) is 2. The van der Waals surface area contributed by atoms with Gasteiger partial charge in [0.15, 0.2) is 0 Å². The normalized spacial score (nSPS) is 26.7. The highest BCUT2D eigenvalue weighted by atomic mass is 16.5. The van der Waals surface area contributed by atoms with Gasteiger partial charge >= 0.3 is 0 Å². The quantitative estimate of drug-likeness (QED) is 0.629. The Bertz CT molecular complexity index is 419. The summed E-state index contributed by atoms with van der Waals surface area (Å²) in [6.07, 6.45) is 2.69. The van der Waals surface area contributed by atoms with E-state index in [9.17, 15) is 9.59 Å². The molecule has 0 aromatic carbocycles. The number of rotatable bonds is 7. The highest BCUT2D eigenvalue weighted by Gasteiger charge is 2.27. The van der Waals surface area contributed by atoms with E-state index in [2.05, 4.69) is 27.4 Å². The lowest BCUT2D eigenvalue weighted by molar-refractivity contribution is -0.129. The number of hydrogen-bond donors (Lipinski definition) is 2. The molecule has 2 aliphatic rings. The Kier molecular flexibility index (Phi) is 7.94. The summed E-state index contributed by atoms with van der Waals surface area (Å²) in [4.78, 5) is 28.8. The molecule has 2 heterocycles. The van der Waals surface area contributed by atoms with Gasteiger partial charge in [-0.1, -0.05) is 0 Å². The minimum atomic E-state index is -0.370. The van der Waals surface area contributed by atoms with Crippen LogP contribution in [0, 0.1) is 0 Å². The van der Waals surface area contributed by atoms with E-state index in [1.807, 2.05) is 6.92 Å². The zero-order valence-electron chi connectivity index (χ0n) is 15.1. The van der Waals surface area contributed by atoms with E-state index < -0.39 is 0 Å². The molecule has 0 unspecified atom stereocenters. The molecular formula is C17H32N4O3. The lowest BCUT2D eigenvalue weighted by atomic mass is 10.1. The molecular weight excluding hydrogens is 308 g/mol. The monoisotopic (exact) mass is 340 g/mol. The van der Waals surface area contributed by atoms with Crippen molar-refractivity contribution in [3.8, 4) is 0 Å². The van der Waals surface area contributed by atoms with Crippen molar-refractivity contribution >= 4 is 11.8 Å². The molecule has 2 N–H and O–H groups in total. The average Bonchev–Trinajstić information content (AvgIpc) is 2.74. The molecule has 0 saturated carbocycles. The predicted octanol–water partition coefficient (Wildman–Crippen LogP) is -0.186. The third-order valence-electron chi connectivity index (χ3n) is 4.81. The van der Waals surface area contributed by atoms with Crippen LogP contribution in [0.25, 0.3) is 0 Å². The zero-order valence-corrected chi connectivity index (χ0v) is 15.1. The van der Waals surface area contributed by atoms with Crippen molar-refractivity contribution in [3.05, 3.63) is 0 Å². The number of piperazine rings is 1. The number of carbonyl (C=O) groups is 2. The molecule has 7 nitrogen and oxygen atoms in total. The van der Waals surface area contributed by atoms with E-state index in [0.717, 1.165) is 58.7 Å². The van der Waals surface area contributed by atoms with Gasteiger partial charge in [-0.15, -0.1) is 0 Å². The van der Waals surface area contributed by atoms with Gasteiger partial charge < -0.3 is 15.4 Å². The maximum absolute atomic E-state index is 12.3. The molecule has 0 aliphatic carbocycles. The van der Waals surface area contributed by atoms with Crippen LogP contribution >= 0.6 is 0 Å². The lowest BCUT2D eigenvalue weighted by Crippen LogP contribution is -2.55. The molecule has 7 heteroatoms. The van der Waals surface area contributed by atoms with Gasteiger partial charge in [-0.05, 0) is 33.1 Å². The van der Waals surface area contributed by atoms with Crippen molar-refractivity contribution in [2.24, 2.45) is 0 Å². The molecule has 24 heavy (non-hydrogen) atoms. The molecule has 2 aliphatic heterocycles. The molecule has 0 spiro atoms. The zero-order chi connectivity index (χ0) is 17.4. The van der Waals surface area contributed by atoms with Gasteiger partial charge in [0.1, 0.15) is 6.04 Å². The van der Waals surface area contributed by atoms with Crippen molar-refractivity contribution in [3.63, 3.8) is 0 Å². The second-order valence-electron chi connectivity index (χ2n) is 6.72. The highest BCUT2D eigenvalue weighted by molar-refractivity contribution is 5.88. The topological polar surface area (TPSA) is 73.9 Å². The first-order valence-corrected chi connectivity index (χ1v) is 9.21. The minimum absolute atomic E-state index is 0.0463. The summed E-state index contributed by atoms with van der Waals surface area (Å²) in [5.74, 6) is -0.0954. The number of amides is 2. The van der Waals surface area contributed by atoms with Crippen LogP contribution in [0.3, 0.4) is 0 Å². The number of carbonyl (C=O) groups excluding carboxylic acids is 2. The number of nitrogens with one attached hydrogen (secondary N) is 2. The molecule has 138 valence electrons. The van der Waals surface area contributed by atoms with Crippen LogP contribution in [0.2, 0.25) is 0 Å². The van der Waals surface area contributed by atoms with Crippen LogP contribution in [0.1, 0.15) is 33.1 Å². The molecule has 2 saturated heterocycles. The van der Waals surface area contributed by atoms with Crippen molar-refractivity contribution in [1.82, 2.24) is 20.4 Å². The van der Waals surface area contributed by atoms with Gasteiger partial charge in [-0.3, -0.25) is 19.4 Å². The smallest absolute Gasteiger partial charge is 0.242 e. The predicted molar refractivity (Wildman–Crippen MR) is 92.8 cm³/mol. The molecule has 2 rings (SSSR count). The first kappa shape index (κ1) is 19.1. The summed E-state index contributed by atoms with van der Waals surface area (Å²) in [7, 11) is 0. The fraction of sp³-hybridized carbons (Fsp3) is 0.882. The average molecular weight is 340 g/mol. The second-order valence-corrected chi connectivity index (χ2v) is 6.72. The Labute approximate surface area is 145 Å². The van der Waals surface area contributed by atoms with E-state index in [-0.39, 0.29) is 17.9 Å². The van der Waals surface area contributed by atoms with Gasteiger partial charge in [0.2, 0.25) is 11.8 Å². The molecule has 0 radical (unpaired) electrons. The maximum Gasteiger partial charge on any atom is 0.242 e. The Balaban J connectivity index is 1.71. The van der Waals surface area contributed by atoms with Crippen molar-refractivity contribution in [2.75, 3.05) is 52.5 Å². The summed E-state index contributed by atoms with van der Waals surface area (Å²) >= 11 is 0. The summed E-state index contributed by atoms with van der Waals surface area (Å²) in [6.45, 7) is 10.4. The van der Waals surface area contributed by atoms with Crippen LogP contribution in [0.4, 0.5) is 0 Å². The Morgan fingerprint density at radius 2 is 2.21 bits per heavy atom. The van der Waals surface area contributed by atoms with E-state index in [0.29, 0.717) is 19.1 Å². The Hall–Kier alpha value is -1.18.